The van der Waals surface area contributed by atoms with E-state index >= 15 is 0 Å². The van der Waals surface area contributed by atoms with Gasteiger partial charge in [0.05, 0.1) is 6.61 Å². The smallest absolute Gasteiger partial charge is 0.132 e. The van der Waals surface area contributed by atoms with Gasteiger partial charge >= 0.3 is 0 Å². The van der Waals surface area contributed by atoms with Crippen molar-refractivity contribution in [3.05, 3.63) is 18.1 Å². The summed E-state index contributed by atoms with van der Waals surface area (Å²) >= 11 is 0. The molecule has 17 heavy (non-hydrogen) atoms. The highest BCUT2D eigenvalue weighted by Crippen LogP contribution is 2.28. The Morgan fingerprint density at radius 1 is 1.41 bits per heavy atom. The molecule has 1 aliphatic rings. The molecule has 0 amide bonds. The first-order chi connectivity index (χ1) is 8.22. The number of aliphatic hydroxyl groups excluding tert-OH is 1. The Balaban J connectivity index is 2.19. The average molecular weight is 235 g/mol. The molecule has 0 spiro atoms. The van der Waals surface area contributed by atoms with Gasteiger partial charge in [0.15, 0.2) is 0 Å². The molecule has 0 aliphatic heterocycles. The van der Waals surface area contributed by atoms with Gasteiger partial charge in [-0.05, 0) is 25.2 Å². The van der Waals surface area contributed by atoms with Gasteiger partial charge in [-0.2, -0.15) is 0 Å². The summed E-state index contributed by atoms with van der Waals surface area (Å²) in [5.74, 6) is 1.37. The van der Waals surface area contributed by atoms with Gasteiger partial charge in [-0.3, -0.25) is 0 Å². The van der Waals surface area contributed by atoms with Crippen LogP contribution in [0.4, 0.5) is 5.82 Å². The lowest BCUT2D eigenvalue weighted by Gasteiger charge is -2.38. The summed E-state index contributed by atoms with van der Waals surface area (Å²) in [6.07, 6.45) is 5.34. The maximum absolute atomic E-state index is 9.16. The summed E-state index contributed by atoms with van der Waals surface area (Å²) in [6.45, 7) is 5.11. The van der Waals surface area contributed by atoms with Crippen molar-refractivity contribution in [3.63, 3.8) is 0 Å². The maximum atomic E-state index is 9.16. The van der Waals surface area contributed by atoms with Crippen molar-refractivity contribution in [3.8, 4) is 0 Å². The molecule has 1 aromatic heterocycles. The lowest BCUT2D eigenvalue weighted by Crippen LogP contribution is -2.42. The lowest BCUT2D eigenvalue weighted by molar-refractivity contribution is 0.283. The Morgan fingerprint density at radius 3 is 2.71 bits per heavy atom. The molecule has 0 bridgehead atoms. The zero-order valence-corrected chi connectivity index (χ0v) is 10.6. The summed E-state index contributed by atoms with van der Waals surface area (Å²) in [4.78, 5) is 10.9. The summed E-state index contributed by atoms with van der Waals surface area (Å²) in [7, 11) is 0. The third-order valence-corrected chi connectivity index (χ3v) is 3.42. The van der Waals surface area contributed by atoms with Crippen LogP contribution >= 0.6 is 0 Å². The topological polar surface area (TPSA) is 49.2 Å². The molecule has 94 valence electrons. The first-order valence-electron chi connectivity index (χ1n) is 6.42. The lowest BCUT2D eigenvalue weighted by atomic mass is 9.91. The Hall–Kier alpha value is -1.16. The quantitative estimate of drug-likeness (QED) is 0.847. The number of nitrogens with zero attached hydrogens (tertiary/aromatic N) is 3. The van der Waals surface area contributed by atoms with Gasteiger partial charge in [-0.15, -0.1) is 0 Å². The Morgan fingerprint density at radius 2 is 2.18 bits per heavy atom. The number of hydrogen-bond acceptors (Lipinski definition) is 4. The molecule has 0 unspecified atom stereocenters. The highest BCUT2D eigenvalue weighted by Gasteiger charge is 2.25. The van der Waals surface area contributed by atoms with Crippen LogP contribution in [0.5, 0.6) is 0 Å². The summed E-state index contributed by atoms with van der Waals surface area (Å²) < 4.78 is 0. The average Bonchev–Trinajstić information content (AvgIpc) is 2.26. The van der Waals surface area contributed by atoms with E-state index in [0.29, 0.717) is 18.5 Å². The summed E-state index contributed by atoms with van der Waals surface area (Å²) in [5.41, 5.74) is 1.07. The maximum Gasteiger partial charge on any atom is 0.132 e. The van der Waals surface area contributed by atoms with E-state index < -0.39 is 0 Å². The van der Waals surface area contributed by atoms with Crippen LogP contribution in [0.2, 0.25) is 0 Å². The zero-order chi connectivity index (χ0) is 12.3. The first kappa shape index (κ1) is 12.3. The predicted molar refractivity (Wildman–Crippen MR) is 68.2 cm³/mol. The second-order valence-corrected chi connectivity index (χ2v) is 4.96. The summed E-state index contributed by atoms with van der Waals surface area (Å²) in [6, 6.07) is 2.61. The SMILES string of the molecule is CC(C)c1cc(N(CCO)C2CCC2)ncn1. The van der Waals surface area contributed by atoms with Crippen LogP contribution in [-0.4, -0.2) is 34.3 Å². The molecule has 1 heterocycles. The van der Waals surface area contributed by atoms with Crippen LogP contribution in [0.15, 0.2) is 12.4 Å². The van der Waals surface area contributed by atoms with Crippen LogP contribution in [0, 0.1) is 0 Å². The van der Waals surface area contributed by atoms with Crippen molar-refractivity contribution < 1.29 is 5.11 Å². The molecule has 0 saturated heterocycles. The third kappa shape index (κ3) is 2.75. The number of hydrogen-bond donors (Lipinski definition) is 1. The van der Waals surface area contributed by atoms with Crippen molar-refractivity contribution in [1.82, 2.24) is 9.97 Å². The third-order valence-electron chi connectivity index (χ3n) is 3.42. The van der Waals surface area contributed by atoms with Gasteiger partial charge < -0.3 is 10.0 Å². The standard InChI is InChI=1S/C13H21N3O/c1-10(2)12-8-13(15-9-14-12)16(6-7-17)11-4-3-5-11/h8-11,17H,3-7H2,1-2H3. The molecule has 1 N–H and O–H groups in total. The predicted octanol–water partition coefficient (Wildman–Crippen LogP) is 1.95. The van der Waals surface area contributed by atoms with E-state index in [1.807, 2.05) is 0 Å². The second kappa shape index (κ2) is 5.45. The minimum Gasteiger partial charge on any atom is -0.395 e. The molecule has 4 nitrogen and oxygen atoms in total. The van der Waals surface area contributed by atoms with Crippen LogP contribution in [0.25, 0.3) is 0 Å². The fourth-order valence-corrected chi connectivity index (χ4v) is 2.12. The van der Waals surface area contributed by atoms with Crippen molar-refractivity contribution in [2.75, 3.05) is 18.1 Å². The Bertz CT molecular complexity index is 363. The molecule has 0 aromatic carbocycles. The van der Waals surface area contributed by atoms with E-state index in [0.717, 1.165) is 11.5 Å². The fourth-order valence-electron chi connectivity index (χ4n) is 2.12. The van der Waals surface area contributed by atoms with Gasteiger partial charge in [0.2, 0.25) is 0 Å². The van der Waals surface area contributed by atoms with E-state index in [2.05, 4.69) is 34.8 Å². The van der Waals surface area contributed by atoms with E-state index in [9.17, 15) is 0 Å². The molecular formula is C13H21N3O. The van der Waals surface area contributed by atoms with Crippen LogP contribution in [-0.2, 0) is 0 Å². The number of aromatic nitrogens is 2. The van der Waals surface area contributed by atoms with Gasteiger partial charge in [0, 0.05) is 24.3 Å². The monoisotopic (exact) mass is 235 g/mol. The van der Waals surface area contributed by atoms with Crippen LogP contribution in [0.1, 0.15) is 44.7 Å². The minimum absolute atomic E-state index is 0.178. The number of anilines is 1. The van der Waals surface area contributed by atoms with E-state index in [-0.39, 0.29) is 6.61 Å². The number of rotatable bonds is 5. The fraction of sp³-hybridized carbons (Fsp3) is 0.692. The van der Waals surface area contributed by atoms with Crippen molar-refractivity contribution in [2.45, 2.75) is 45.1 Å². The number of aliphatic hydroxyl groups is 1. The Kier molecular flexibility index (Phi) is 3.94. The molecular weight excluding hydrogens is 214 g/mol. The van der Waals surface area contributed by atoms with Gasteiger partial charge in [-0.1, -0.05) is 13.8 Å². The molecule has 1 aliphatic carbocycles. The van der Waals surface area contributed by atoms with Crippen molar-refractivity contribution >= 4 is 5.82 Å². The van der Waals surface area contributed by atoms with Crippen molar-refractivity contribution in [1.29, 1.82) is 0 Å². The van der Waals surface area contributed by atoms with Crippen molar-refractivity contribution in [2.24, 2.45) is 0 Å². The molecule has 1 fully saturated rings. The molecule has 2 rings (SSSR count). The Labute approximate surface area is 103 Å². The van der Waals surface area contributed by atoms with Gasteiger partial charge in [0.25, 0.3) is 0 Å². The molecule has 1 saturated carbocycles. The first-order valence-corrected chi connectivity index (χ1v) is 6.42. The van der Waals surface area contributed by atoms with Gasteiger partial charge in [0.1, 0.15) is 12.1 Å². The minimum atomic E-state index is 0.178. The van der Waals surface area contributed by atoms with E-state index in [4.69, 9.17) is 5.11 Å². The van der Waals surface area contributed by atoms with Crippen LogP contribution < -0.4 is 4.90 Å². The van der Waals surface area contributed by atoms with Gasteiger partial charge in [-0.25, -0.2) is 9.97 Å². The molecule has 1 aromatic rings. The molecule has 4 heteroatoms. The second-order valence-electron chi connectivity index (χ2n) is 4.96. The molecule has 0 radical (unpaired) electrons. The highest BCUT2D eigenvalue weighted by molar-refractivity contribution is 5.41. The molecule has 0 atom stereocenters. The largest absolute Gasteiger partial charge is 0.395 e. The van der Waals surface area contributed by atoms with Crippen LogP contribution in [0.3, 0.4) is 0 Å². The van der Waals surface area contributed by atoms with E-state index in [1.165, 1.54) is 19.3 Å². The summed E-state index contributed by atoms with van der Waals surface area (Å²) in [5, 5.41) is 9.16. The highest BCUT2D eigenvalue weighted by atomic mass is 16.3. The van der Waals surface area contributed by atoms with E-state index in [1.54, 1.807) is 6.33 Å². The normalized spacial score (nSPS) is 16.0. The zero-order valence-electron chi connectivity index (χ0n) is 10.6.